The molecule has 0 radical (unpaired) electrons. The first-order valence-electron chi connectivity index (χ1n) is 7.79. The summed E-state index contributed by atoms with van der Waals surface area (Å²) >= 11 is 0. The lowest BCUT2D eigenvalue weighted by Crippen LogP contribution is -2.40. The predicted octanol–water partition coefficient (Wildman–Crippen LogP) is 3.11. The molecular formula is C17H28FN3O. The van der Waals surface area contributed by atoms with Crippen molar-refractivity contribution < 1.29 is 9.13 Å². The zero-order valence-corrected chi connectivity index (χ0v) is 14.0. The van der Waals surface area contributed by atoms with Gasteiger partial charge >= 0.3 is 0 Å². The first-order chi connectivity index (χ1) is 10.6. The van der Waals surface area contributed by atoms with E-state index in [9.17, 15) is 4.39 Å². The number of halogens is 1. The normalized spacial score (nSPS) is 13.3. The topological polar surface area (TPSA) is 45.7 Å². The maximum atomic E-state index is 13.0. The van der Waals surface area contributed by atoms with Gasteiger partial charge in [-0.1, -0.05) is 26.0 Å². The largest absolute Gasteiger partial charge is 0.375 e. The van der Waals surface area contributed by atoms with Gasteiger partial charge in [0.15, 0.2) is 5.96 Å². The number of benzene rings is 1. The molecule has 4 nitrogen and oxygen atoms in total. The van der Waals surface area contributed by atoms with Crippen molar-refractivity contribution in [3.63, 3.8) is 0 Å². The van der Waals surface area contributed by atoms with E-state index in [1.807, 2.05) is 0 Å². The summed E-state index contributed by atoms with van der Waals surface area (Å²) in [6, 6.07) is 6.37. The molecule has 0 aromatic heterocycles. The molecule has 0 fully saturated rings. The minimum atomic E-state index is -0.241. The van der Waals surface area contributed by atoms with Crippen LogP contribution in [0.4, 0.5) is 4.39 Å². The molecule has 0 saturated carbocycles. The predicted molar refractivity (Wildman–Crippen MR) is 89.6 cm³/mol. The Bertz CT molecular complexity index is 446. The first-order valence-corrected chi connectivity index (χ1v) is 7.79. The van der Waals surface area contributed by atoms with Gasteiger partial charge < -0.3 is 15.4 Å². The molecule has 124 valence electrons. The molecule has 1 aromatic rings. The van der Waals surface area contributed by atoms with Crippen LogP contribution in [-0.4, -0.2) is 33.2 Å². The molecule has 0 aliphatic rings. The molecule has 0 amide bonds. The molecule has 22 heavy (non-hydrogen) atoms. The van der Waals surface area contributed by atoms with Crippen LogP contribution in [0.15, 0.2) is 29.3 Å². The van der Waals surface area contributed by atoms with E-state index in [4.69, 9.17) is 4.74 Å². The van der Waals surface area contributed by atoms with Crippen LogP contribution < -0.4 is 10.6 Å². The van der Waals surface area contributed by atoms with Crippen LogP contribution in [-0.2, 0) is 4.74 Å². The van der Waals surface area contributed by atoms with E-state index in [0.717, 1.165) is 24.5 Å². The Kier molecular flexibility index (Phi) is 8.51. The summed E-state index contributed by atoms with van der Waals surface area (Å²) in [6.45, 7) is 5.91. The lowest BCUT2D eigenvalue weighted by atomic mass is 10.1. The van der Waals surface area contributed by atoms with Crippen LogP contribution in [0.5, 0.6) is 0 Å². The Morgan fingerprint density at radius 2 is 1.91 bits per heavy atom. The van der Waals surface area contributed by atoms with Gasteiger partial charge in [0.2, 0.25) is 0 Å². The van der Waals surface area contributed by atoms with E-state index >= 15 is 0 Å². The Hall–Kier alpha value is -1.62. The van der Waals surface area contributed by atoms with Crippen LogP contribution in [0.2, 0.25) is 0 Å². The van der Waals surface area contributed by atoms with E-state index in [-0.39, 0.29) is 11.9 Å². The molecule has 0 aliphatic carbocycles. The molecule has 1 aromatic carbocycles. The Balaban J connectivity index is 2.41. The van der Waals surface area contributed by atoms with Gasteiger partial charge in [-0.2, -0.15) is 0 Å². The van der Waals surface area contributed by atoms with Crippen LogP contribution in [0.1, 0.15) is 38.4 Å². The second-order valence-electron chi connectivity index (χ2n) is 5.69. The van der Waals surface area contributed by atoms with Crippen molar-refractivity contribution in [3.8, 4) is 0 Å². The number of methoxy groups -OCH3 is 1. The van der Waals surface area contributed by atoms with Gasteiger partial charge in [0.1, 0.15) is 5.82 Å². The summed E-state index contributed by atoms with van der Waals surface area (Å²) in [7, 11) is 3.39. The van der Waals surface area contributed by atoms with Crippen molar-refractivity contribution in [2.75, 3.05) is 27.2 Å². The number of aliphatic imine (C=N–C) groups is 1. The Labute approximate surface area is 133 Å². The minimum Gasteiger partial charge on any atom is -0.375 e. The van der Waals surface area contributed by atoms with E-state index in [1.54, 1.807) is 26.3 Å². The Morgan fingerprint density at radius 3 is 2.45 bits per heavy atom. The Morgan fingerprint density at radius 1 is 1.23 bits per heavy atom. The van der Waals surface area contributed by atoms with Gasteiger partial charge in [-0.25, -0.2) is 4.39 Å². The number of rotatable bonds is 8. The highest BCUT2D eigenvalue weighted by molar-refractivity contribution is 5.79. The average molecular weight is 309 g/mol. The molecule has 0 heterocycles. The fourth-order valence-corrected chi connectivity index (χ4v) is 2.14. The molecule has 1 unspecified atom stereocenters. The summed E-state index contributed by atoms with van der Waals surface area (Å²) in [4.78, 5) is 4.20. The molecule has 1 atom stereocenters. The van der Waals surface area contributed by atoms with E-state index in [1.165, 1.54) is 18.6 Å². The summed E-state index contributed by atoms with van der Waals surface area (Å²) in [6.07, 6.45) is 2.17. The third kappa shape index (κ3) is 6.89. The highest BCUT2D eigenvalue weighted by Gasteiger charge is 2.11. The maximum Gasteiger partial charge on any atom is 0.191 e. The molecule has 0 aliphatic heterocycles. The molecule has 1 rings (SSSR count). The highest BCUT2D eigenvalue weighted by Crippen LogP contribution is 2.16. The van der Waals surface area contributed by atoms with Crippen molar-refractivity contribution in [1.29, 1.82) is 0 Å². The van der Waals surface area contributed by atoms with Crippen molar-refractivity contribution in [2.24, 2.45) is 10.9 Å². The number of nitrogens with one attached hydrogen (secondary N) is 2. The smallest absolute Gasteiger partial charge is 0.191 e. The third-order valence-corrected chi connectivity index (χ3v) is 3.46. The van der Waals surface area contributed by atoms with Gasteiger partial charge in [-0.3, -0.25) is 4.99 Å². The average Bonchev–Trinajstić information content (AvgIpc) is 2.51. The van der Waals surface area contributed by atoms with Crippen LogP contribution in [0, 0.1) is 11.7 Å². The molecule has 5 heteroatoms. The van der Waals surface area contributed by atoms with Gasteiger partial charge in [-0.05, 0) is 36.5 Å². The first kappa shape index (κ1) is 18.4. The molecule has 0 bridgehead atoms. The van der Waals surface area contributed by atoms with Crippen LogP contribution in [0.3, 0.4) is 0 Å². The lowest BCUT2D eigenvalue weighted by molar-refractivity contribution is 0.106. The fourth-order valence-electron chi connectivity index (χ4n) is 2.14. The summed E-state index contributed by atoms with van der Waals surface area (Å²) in [5.74, 6) is 1.23. The quantitative estimate of drug-likeness (QED) is 0.440. The number of hydrogen-bond donors (Lipinski definition) is 2. The van der Waals surface area contributed by atoms with Crippen molar-refractivity contribution in [1.82, 2.24) is 10.6 Å². The molecular weight excluding hydrogens is 281 g/mol. The van der Waals surface area contributed by atoms with Crippen molar-refractivity contribution in [2.45, 2.75) is 32.8 Å². The summed E-state index contributed by atoms with van der Waals surface area (Å²) in [5, 5.41) is 6.53. The molecule has 2 N–H and O–H groups in total. The summed E-state index contributed by atoms with van der Waals surface area (Å²) < 4.78 is 18.4. The fraction of sp³-hybridized carbons (Fsp3) is 0.588. The van der Waals surface area contributed by atoms with Crippen LogP contribution in [0.25, 0.3) is 0 Å². The monoisotopic (exact) mass is 309 g/mol. The lowest BCUT2D eigenvalue weighted by Gasteiger charge is -2.19. The van der Waals surface area contributed by atoms with E-state index in [0.29, 0.717) is 12.5 Å². The third-order valence-electron chi connectivity index (χ3n) is 3.46. The highest BCUT2D eigenvalue weighted by atomic mass is 19.1. The van der Waals surface area contributed by atoms with Gasteiger partial charge in [-0.15, -0.1) is 0 Å². The zero-order valence-electron chi connectivity index (χ0n) is 14.0. The second kappa shape index (κ2) is 10.2. The maximum absolute atomic E-state index is 13.0. The molecule has 0 spiro atoms. The molecule has 0 saturated heterocycles. The number of ether oxygens (including phenoxy) is 1. The SMILES string of the molecule is CN=C(NCCCC(C)C)NCC(OC)c1ccc(F)cc1. The van der Waals surface area contributed by atoms with Gasteiger partial charge in [0.25, 0.3) is 0 Å². The van der Waals surface area contributed by atoms with Gasteiger partial charge in [0.05, 0.1) is 6.10 Å². The van der Waals surface area contributed by atoms with E-state index in [2.05, 4.69) is 29.5 Å². The number of hydrogen-bond acceptors (Lipinski definition) is 2. The van der Waals surface area contributed by atoms with Crippen LogP contribution >= 0.6 is 0 Å². The van der Waals surface area contributed by atoms with Gasteiger partial charge in [0, 0.05) is 27.2 Å². The standard InChI is InChI=1S/C17H28FN3O/c1-13(2)6-5-11-20-17(19-3)21-12-16(22-4)14-7-9-15(18)10-8-14/h7-10,13,16H,5-6,11-12H2,1-4H3,(H2,19,20,21). The minimum absolute atomic E-state index is 0.144. The number of guanidine groups is 1. The summed E-state index contributed by atoms with van der Waals surface area (Å²) in [5.41, 5.74) is 0.937. The van der Waals surface area contributed by atoms with Crippen molar-refractivity contribution >= 4 is 5.96 Å². The van der Waals surface area contributed by atoms with Crippen molar-refractivity contribution in [3.05, 3.63) is 35.6 Å². The van der Waals surface area contributed by atoms with E-state index < -0.39 is 0 Å². The zero-order chi connectivity index (χ0) is 16.4. The second-order valence-corrected chi connectivity index (χ2v) is 5.69. The number of nitrogens with zero attached hydrogens (tertiary/aromatic N) is 1.